The third-order valence-corrected chi connectivity index (χ3v) is 5.60. The van der Waals surface area contributed by atoms with E-state index in [9.17, 15) is 19.3 Å². The molecule has 1 aliphatic rings. The second-order valence-electron chi connectivity index (χ2n) is 7.82. The van der Waals surface area contributed by atoms with Gasteiger partial charge in [0.2, 0.25) is 0 Å². The summed E-state index contributed by atoms with van der Waals surface area (Å²) < 4.78 is 24.8. The first kappa shape index (κ1) is 23.7. The van der Waals surface area contributed by atoms with E-state index in [1.165, 1.54) is 0 Å². The number of non-ortho nitro benzene ring substituents is 1. The summed E-state index contributed by atoms with van der Waals surface area (Å²) in [5, 5.41) is 15.8. The van der Waals surface area contributed by atoms with E-state index in [-0.39, 0.29) is 11.4 Å². The summed E-state index contributed by atoms with van der Waals surface area (Å²) in [7, 11) is 3.21. The molecule has 2 amide bonds. The van der Waals surface area contributed by atoms with Gasteiger partial charge in [0.1, 0.15) is 5.82 Å². The van der Waals surface area contributed by atoms with E-state index in [1.54, 1.807) is 26.4 Å². The topological polar surface area (TPSA) is 115 Å². The molecule has 4 rings (SSSR count). The highest BCUT2D eigenvalue weighted by Crippen LogP contribution is 2.33. The molecule has 9 nitrogen and oxygen atoms in total. The molecular formula is C25H23FN4O5. The standard InChI is InChI=1S/C25H23FN4O5/c1-34-23-12-16-9-10-27-21(19(16)14-24(23)35-2)11-15-3-5-17(6-4-15)28-25(31)29-22-13-18(30(32)33)7-8-20(22)26/h3-8,12-14H,9-11H2,1-2H3,(H2,28,29,31). The van der Waals surface area contributed by atoms with Crippen LogP contribution in [-0.2, 0) is 12.8 Å². The normalized spacial score (nSPS) is 12.3. The van der Waals surface area contributed by atoms with Crippen molar-refractivity contribution in [2.24, 2.45) is 4.99 Å². The van der Waals surface area contributed by atoms with Crippen LogP contribution in [0.3, 0.4) is 0 Å². The summed E-state index contributed by atoms with van der Waals surface area (Å²) in [5.41, 5.74) is 3.97. The van der Waals surface area contributed by atoms with Crippen LogP contribution in [-0.4, -0.2) is 37.4 Å². The predicted molar refractivity (Wildman–Crippen MR) is 130 cm³/mol. The van der Waals surface area contributed by atoms with E-state index >= 15 is 0 Å². The van der Waals surface area contributed by atoms with Crippen molar-refractivity contribution in [2.45, 2.75) is 12.8 Å². The first-order valence-electron chi connectivity index (χ1n) is 10.8. The number of nitrogens with zero attached hydrogens (tertiary/aromatic N) is 2. The number of carbonyl (C=O) groups excluding carboxylic acids is 1. The van der Waals surface area contributed by atoms with Crippen LogP contribution in [0.2, 0.25) is 0 Å². The molecule has 0 bridgehead atoms. The lowest BCUT2D eigenvalue weighted by molar-refractivity contribution is -0.384. The third-order valence-electron chi connectivity index (χ3n) is 5.60. The molecule has 10 heteroatoms. The molecule has 0 aromatic heterocycles. The quantitative estimate of drug-likeness (QED) is 0.367. The molecule has 0 radical (unpaired) electrons. The number of benzene rings is 3. The van der Waals surface area contributed by atoms with Crippen LogP contribution in [0.4, 0.5) is 26.2 Å². The van der Waals surface area contributed by atoms with Crippen molar-refractivity contribution in [3.63, 3.8) is 0 Å². The fraction of sp³-hybridized carbons (Fsp3) is 0.200. The number of nitro groups is 1. The summed E-state index contributed by atoms with van der Waals surface area (Å²) in [6.45, 7) is 0.686. The van der Waals surface area contributed by atoms with E-state index in [0.717, 1.165) is 47.0 Å². The number of rotatable bonds is 7. The maximum Gasteiger partial charge on any atom is 0.323 e. The number of aliphatic imine (C=N–C) groups is 1. The Labute approximate surface area is 200 Å². The van der Waals surface area contributed by atoms with Crippen molar-refractivity contribution in [2.75, 3.05) is 31.4 Å². The van der Waals surface area contributed by atoms with Crippen molar-refractivity contribution in [3.05, 3.63) is 87.2 Å². The van der Waals surface area contributed by atoms with Gasteiger partial charge in [-0.05, 0) is 47.9 Å². The number of amides is 2. The Balaban J connectivity index is 1.43. The Morgan fingerprint density at radius 3 is 2.46 bits per heavy atom. The molecule has 0 aliphatic carbocycles. The van der Waals surface area contributed by atoms with Gasteiger partial charge in [-0.1, -0.05) is 12.1 Å². The van der Waals surface area contributed by atoms with E-state index in [0.29, 0.717) is 30.2 Å². The minimum Gasteiger partial charge on any atom is -0.493 e. The fourth-order valence-corrected chi connectivity index (χ4v) is 3.85. The van der Waals surface area contributed by atoms with E-state index in [1.807, 2.05) is 24.3 Å². The van der Waals surface area contributed by atoms with Crippen molar-refractivity contribution < 1.29 is 23.6 Å². The van der Waals surface area contributed by atoms with Gasteiger partial charge < -0.3 is 20.1 Å². The largest absolute Gasteiger partial charge is 0.493 e. The van der Waals surface area contributed by atoms with Crippen LogP contribution in [0.5, 0.6) is 11.5 Å². The summed E-state index contributed by atoms with van der Waals surface area (Å²) in [4.78, 5) is 27.2. The van der Waals surface area contributed by atoms with Gasteiger partial charge in [-0.3, -0.25) is 15.1 Å². The molecule has 0 spiro atoms. The Kier molecular flexibility index (Phi) is 6.91. The summed E-state index contributed by atoms with van der Waals surface area (Å²) >= 11 is 0. The Morgan fingerprint density at radius 1 is 1.06 bits per heavy atom. The number of urea groups is 1. The average Bonchev–Trinajstić information content (AvgIpc) is 2.85. The third kappa shape index (κ3) is 5.37. The van der Waals surface area contributed by atoms with Crippen LogP contribution >= 0.6 is 0 Å². The average molecular weight is 478 g/mol. The number of nitrogens with one attached hydrogen (secondary N) is 2. The van der Waals surface area contributed by atoms with Crippen molar-refractivity contribution >= 4 is 28.8 Å². The predicted octanol–water partition coefficient (Wildman–Crippen LogP) is 4.98. The lowest BCUT2D eigenvalue weighted by Crippen LogP contribution is -2.20. The van der Waals surface area contributed by atoms with E-state index in [2.05, 4.69) is 10.6 Å². The van der Waals surface area contributed by atoms with Gasteiger partial charge in [0, 0.05) is 42.1 Å². The molecule has 3 aromatic rings. The van der Waals surface area contributed by atoms with Crippen LogP contribution in [0.15, 0.2) is 59.6 Å². The number of carbonyl (C=O) groups is 1. The first-order valence-corrected chi connectivity index (χ1v) is 10.8. The van der Waals surface area contributed by atoms with Crippen molar-refractivity contribution in [1.82, 2.24) is 0 Å². The summed E-state index contributed by atoms with van der Waals surface area (Å²) in [5.74, 6) is 0.557. The van der Waals surface area contributed by atoms with Gasteiger partial charge in [-0.25, -0.2) is 9.18 Å². The number of anilines is 2. The number of nitro benzene ring substituents is 1. The maximum atomic E-state index is 13.9. The van der Waals surface area contributed by atoms with Gasteiger partial charge in [-0.2, -0.15) is 0 Å². The Bertz CT molecular complexity index is 1310. The number of hydrogen-bond acceptors (Lipinski definition) is 6. The lowest BCUT2D eigenvalue weighted by Gasteiger charge is -2.20. The molecule has 3 aromatic carbocycles. The molecular weight excluding hydrogens is 455 g/mol. The Morgan fingerprint density at radius 2 is 1.77 bits per heavy atom. The number of halogens is 1. The van der Waals surface area contributed by atoms with Crippen molar-refractivity contribution in [3.8, 4) is 11.5 Å². The zero-order valence-corrected chi connectivity index (χ0v) is 19.1. The SMILES string of the molecule is COc1cc2c(cc1OC)C(Cc1ccc(NC(=O)Nc3cc([N+](=O)[O-])ccc3F)cc1)=NCC2. The lowest BCUT2D eigenvalue weighted by atomic mass is 9.93. The molecule has 180 valence electrons. The minimum atomic E-state index is -0.774. The first-order chi connectivity index (χ1) is 16.9. The number of ether oxygens (including phenoxy) is 2. The second-order valence-corrected chi connectivity index (χ2v) is 7.82. The highest BCUT2D eigenvalue weighted by atomic mass is 19.1. The van der Waals surface area contributed by atoms with Gasteiger partial charge in [0.15, 0.2) is 11.5 Å². The molecule has 2 N–H and O–H groups in total. The molecule has 1 heterocycles. The van der Waals surface area contributed by atoms with Gasteiger partial charge in [0.05, 0.1) is 24.8 Å². The number of methoxy groups -OCH3 is 2. The van der Waals surface area contributed by atoms with Crippen LogP contribution < -0.4 is 20.1 Å². The molecule has 0 atom stereocenters. The second kappa shape index (κ2) is 10.2. The smallest absolute Gasteiger partial charge is 0.323 e. The van der Waals surface area contributed by atoms with E-state index in [4.69, 9.17) is 14.5 Å². The maximum absolute atomic E-state index is 13.9. The molecule has 1 aliphatic heterocycles. The minimum absolute atomic E-state index is 0.283. The van der Waals surface area contributed by atoms with Gasteiger partial charge in [0.25, 0.3) is 5.69 Å². The summed E-state index contributed by atoms with van der Waals surface area (Å²) in [6.07, 6.45) is 1.41. The van der Waals surface area contributed by atoms with Crippen LogP contribution in [0.1, 0.15) is 16.7 Å². The van der Waals surface area contributed by atoms with Gasteiger partial charge >= 0.3 is 6.03 Å². The highest BCUT2D eigenvalue weighted by Gasteiger charge is 2.19. The van der Waals surface area contributed by atoms with Crippen LogP contribution in [0, 0.1) is 15.9 Å². The monoisotopic (exact) mass is 478 g/mol. The summed E-state index contributed by atoms with van der Waals surface area (Å²) in [6, 6.07) is 13.3. The zero-order chi connectivity index (χ0) is 24.9. The molecule has 0 fully saturated rings. The fourth-order valence-electron chi connectivity index (χ4n) is 3.85. The molecule has 0 unspecified atom stereocenters. The highest BCUT2D eigenvalue weighted by molar-refractivity contribution is 6.04. The molecule has 35 heavy (non-hydrogen) atoms. The number of hydrogen-bond donors (Lipinski definition) is 2. The molecule has 0 saturated carbocycles. The van der Waals surface area contributed by atoms with Crippen molar-refractivity contribution in [1.29, 1.82) is 0 Å². The van der Waals surface area contributed by atoms with E-state index < -0.39 is 16.8 Å². The Hall–Kier alpha value is -4.47. The van der Waals surface area contributed by atoms with Crippen LogP contribution in [0.25, 0.3) is 0 Å². The van der Waals surface area contributed by atoms with Gasteiger partial charge in [-0.15, -0.1) is 0 Å². The zero-order valence-electron chi connectivity index (χ0n) is 19.1. The number of fused-ring (bicyclic) bond motifs is 1. The molecule has 0 saturated heterocycles.